The number of thioether (sulfide) groups is 1. The van der Waals surface area contributed by atoms with Gasteiger partial charge in [-0.2, -0.15) is 0 Å². The van der Waals surface area contributed by atoms with Crippen molar-refractivity contribution in [1.29, 1.82) is 0 Å². The van der Waals surface area contributed by atoms with E-state index < -0.39 is 0 Å². The average molecular weight is 399 g/mol. The molecule has 0 aliphatic rings. The molecule has 2 aromatic carbocycles. The van der Waals surface area contributed by atoms with Gasteiger partial charge in [0.05, 0.1) is 12.6 Å². The minimum absolute atomic E-state index is 0.145. The highest BCUT2D eigenvalue weighted by atomic mass is 32.2. The molecule has 1 heterocycles. The fourth-order valence-corrected chi connectivity index (χ4v) is 4.27. The van der Waals surface area contributed by atoms with Crippen LogP contribution in [0.15, 0.2) is 59.8 Å². The average Bonchev–Trinajstić information content (AvgIpc) is 3.05. The van der Waals surface area contributed by atoms with Crippen LogP contribution in [0.5, 0.6) is 0 Å². The third kappa shape index (κ3) is 4.80. The Morgan fingerprint density at radius 2 is 1.71 bits per heavy atom. The molecular formula is C22H27FN4S. The van der Waals surface area contributed by atoms with Crippen molar-refractivity contribution in [2.45, 2.75) is 43.3 Å². The lowest BCUT2D eigenvalue weighted by Crippen LogP contribution is -2.23. The first-order chi connectivity index (χ1) is 13.5. The maximum absolute atomic E-state index is 13.3. The van der Waals surface area contributed by atoms with E-state index in [-0.39, 0.29) is 17.1 Å². The molecule has 0 bridgehead atoms. The van der Waals surface area contributed by atoms with Crippen molar-refractivity contribution in [1.82, 2.24) is 19.7 Å². The van der Waals surface area contributed by atoms with Gasteiger partial charge >= 0.3 is 0 Å². The van der Waals surface area contributed by atoms with Crippen LogP contribution < -0.4 is 0 Å². The van der Waals surface area contributed by atoms with Crippen molar-refractivity contribution in [2.75, 3.05) is 14.1 Å². The summed E-state index contributed by atoms with van der Waals surface area (Å²) in [7, 11) is 4.15. The lowest BCUT2D eigenvalue weighted by Gasteiger charge is -2.23. The van der Waals surface area contributed by atoms with Gasteiger partial charge in [-0.25, -0.2) is 4.39 Å². The Morgan fingerprint density at radius 1 is 1.04 bits per heavy atom. The summed E-state index contributed by atoms with van der Waals surface area (Å²) < 4.78 is 15.5. The number of rotatable bonds is 8. The quantitative estimate of drug-likeness (QED) is 0.480. The second-order valence-corrected chi connectivity index (χ2v) is 8.42. The topological polar surface area (TPSA) is 34.0 Å². The van der Waals surface area contributed by atoms with Gasteiger partial charge in [0.1, 0.15) is 5.82 Å². The SMILES string of the molecule is CC[C@@H](c1nnc(S[C@H](C)c2ccc(F)cc2)n1Cc1ccccc1)N(C)C. The first kappa shape index (κ1) is 20.6. The van der Waals surface area contributed by atoms with E-state index in [1.165, 1.54) is 17.7 Å². The van der Waals surface area contributed by atoms with Gasteiger partial charge in [-0.3, -0.25) is 4.90 Å². The number of hydrogen-bond donors (Lipinski definition) is 0. The molecule has 0 unspecified atom stereocenters. The van der Waals surface area contributed by atoms with Gasteiger partial charge in [0.25, 0.3) is 0 Å². The first-order valence-corrected chi connectivity index (χ1v) is 10.4. The summed E-state index contributed by atoms with van der Waals surface area (Å²) in [6.45, 7) is 5.01. The van der Waals surface area contributed by atoms with Gasteiger partial charge in [0, 0.05) is 5.25 Å². The van der Waals surface area contributed by atoms with Crippen LogP contribution in [-0.4, -0.2) is 33.8 Å². The summed E-state index contributed by atoms with van der Waals surface area (Å²) in [5.74, 6) is 0.761. The van der Waals surface area contributed by atoms with Crippen molar-refractivity contribution < 1.29 is 4.39 Å². The maximum Gasteiger partial charge on any atom is 0.192 e. The lowest BCUT2D eigenvalue weighted by atomic mass is 10.2. The summed E-state index contributed by atoms with van der Waals surface area (Å²) in [4.78, 5) is 2.18. The van der Waals surface area contributed by atoms with E-state index in [0.29, 0.717) is 0 Å². The third-order valence-electron chi connectivity index (χ3n) is 4.86. The van der Waals surface area contributed by atoms with Crippen LogP contribution in [0.2, 0.25) is 0 Å². The van der Waals surface area contributed by atoms with E-state index in [0.717, 1.165) is 29.5 Å². The maximum atomic E-state index is 13.3. The monoisotopic (exact) mass is 398 g/mol. The highest BCUT2D eigenvalue weighted by molar-refractivity contribution is 7.99. The summed E-state index contributed by atoms with van der Waals surface area (Å²) in [6.07, 6.45) is 0.956. The number of halogens is 1. The molecule has 0 radical (unpaired) electrons. The molecule has 0 fully saturated rings. The van der Waals surface area contributed by atoms with Crippen LogP contribution in [0, 0.1) is 5.82 Å². The molecule has 3 rings (SSSR count). The molecule has 0 aliphatic carbocycles. The molecule has 2 atom stereocenters. The Bertz CT molecular complexity index is 877. The fourth-order valence-electron chi connectivity index (χ4n) is 3.29. The summed E-state index contributed by atoms with van der Waals surface area (Å²) in [6, 6.07) is 17.3. The van der Waals surface area contributed by atoms with Crippen LogP contribution in [0.1, 0.15) is 48.5 Å². The second-order valence-electron chi connectivity index (χ2n) is 7.11. The Balaban J connectivity index is 1.93. The second kappa shape index (κ2) is 9.34. The zero-order valence-corrected chi connectivity index (χ0v) is 17.7. The van der Waals surface area contributed by atoms with Crippen LogP contribution in [0.3, 0.4) is 0 Å². The van der Waals surface area contributed by atoms with E-state index >= 15 is 0 Å². The Morgan fingerprint density at radius 3 is 2.32 bits per heavy atom. The van der Waals surface area contributed by atoms with Gasteiger partial charge < -0.3 is 4.57 Å². The van der Waals surface area contributed by atoms with Gasteiger partial charge in [0.2, 0.25) is 0 Å². The molecule has 0 spiro atoms. The van der Waals surface area contributed by atoms with E-state index in [1.807, 2.05) is 18.2 Å². The summed E-state index contributed by atoms with van der Waals surface area (Å²) in [5.41, 5.74) is 2.29. The molecule has 1 aromatic heterocycles. The van der Waals surface area contributed by atoms with Gasteiger partial charge in [-0.15, -0.1) is 10.2 Å². The van der Waals surface area contributed by atoms with E-state index in [2.05, 4.69) is 71.9 Å². The van der Waals surface area contributed by atoms with Gasteiger partial charge in [0.15, 0.2) is 11.0 Å². The van der Waals surface area contributed by atoms with Crippen molar-refractivity contribution in [2.24, 2.45) is 0 Å². The Kier molecular flexibility index (Phi) is 6.86. The molecule has 6 heteroatoms. The lowest BCUT2D eigenvalue weighted by molar-refractivity contribution is 0.272. The minimum atomic E-state index is -0.216. The smallest absolute Gasteiger partial charge is 0.192 e. The number of aromatic nitrogens is 3. The van der Waals surface area contributed by atoms with Gasteiger partial charge in [-0.1, -0.05) is 61.2 Å². The molecule has 0 saturated carbocycles. The number of hydrogen-bond acceptors (Lipinski definition) is 4. The molecule has 0 aliphatic heterocycles. The van der Waals surface area contributed by atoms with Crippen molar-refractivity contribution in [3.8, 4) is 0 Å². The van der Waals surface area contributed by atoms with Crippen LogP contribution in [-0.2, 0) is 6.54 Å². The highest BCUT2D eigenvalue weighted by Crippen LogP contribution is 2.35. The van der Waals surface area contributed by atoms with Crippen LogP contribution in [0.4, 0.5) is 4.39 Å². The number of nitrogens with zero attached hydrogens (tertiary/aromatic N) is 4. The highest BCUT2D eigenvalue weighted by Gasteiger charge is 2.23. The van der Waals surface area contributed by atoms with E-state index in [1.54, 1.807) is 11.8 Å². The van der Waals surface area contributed by atoms with Crippen molar-refractivity contribution in [3.63, 3.8) is 0 Å². The normalized spacial score (nSPS) is 13.6. The molecule has 148 valence electrons. The number of benzene rings is 2. The van der Waals surface area contributed by atoms with Gasteiger partial charge in [-0.05, 0) is 50.7 Å². The molecule has 4 nitrogen and oxygen atoms in total. The molecule has 28 heavy (non-hydrogen) atoms. The van der Waals surface area contributed by atoms with E-state index in [9.17, 15) is 4.39 Å². The molecule has 3 aromatic rings. The van der Waals surface area contributed by atoms with Crippen LogP contribution >= 0.6 is 11.8 Å². The van der Waals surface area contributed by atoms with E-state index in [4.69, 9.17) is 0 Å². The predicted molar refractivity (Wildman–Crippen MR) is 113 cm³/mol. The first-order valence-electron chi connectivity index (χ1n) is 9.55. The third-order valence-corrected chi connectivity index (χ3v) is 6.00. The molecule has 0 amide bonds. The molecule has 0 N–H and O–H groups in total. The standard InChI is InChI=1S/C22H27FN4S/c1-5-20(26(3)4)21-24-25-22(27(21)15-17-9-7-6-8-10-17)28-16(2)18-11-13-19(23)14-12-18/h6-14,16,20H,5,15H2,1-4H3/t16-,20+/m1/s1. The zero-order chi connectivity index (χ0) is 20.1. The summed E-state index contributed by atoms with van der Waals surface area (Å²) in [5, 5.41) is 10.1. The minimum Gasteiger partial charge on any atom is -0.300 e. The predicted octanol–water partition coefficient (Wildman–Crippen LogP) is 5.33. The molecular weight excluding hydrogens is 371 g/mol. The zero-order valence-electron chi connectivity index (χ0n) is 16.8. The van der Waals surface area contributed by atoms with Crippen molar-refractivity contribution >= 4 is 11.8 Å². The fraction of sp³-hybridized carbons (Fsp3) is 0.364. The molecule has 0 saturated heterocycles. The largest absolute Gasteiger partial charge is 0.300 e. The Labute approximate surface area is 170 Å². The Hall–Kier alpha value is -2.18. The van der Waals surface area contributed by atoms with Crippen LogP contribution in [0.25, 0.3) is 0 Å². The van der Waals surface area contributed by atoms with Crippen molar-refractivity contribution in [3.05, 3.63) is 77.4 Å². The summed E-state index contributed by atoms with van der Waals surface area (Å²) >= 11 is 1.66.